The predicted octanol–water partition coefficient (Wildman–Crippen LogP) is 1.62. The maximum absolute atomic E-state index is 12.2. The Morgan fingerprint density at radius 1 is 1.19 bits per heavy atom. The van der Waals surface area contributed by atoms with Crippen LogP contribution < -0.4 is 10.9 Å². The number of nitrogens with zero attached hydrogens (tertiary/aromatic N) is 2. The molecule has 0 spiro atoms. The van der Waals surface area contributed by atoms with E-state index in [0.29, 0.717) is 12.1 Å². The molecule has 2 heterocycles. The number of piperidine rings is 1. The largest absolute Gasteiger partial charge is 0.342 e. The number of nitrogens with one attached hydrogen (secondary N) is 1. The molecule has 0 radical (unpaired) electrons. The highest BCUT2D eigenvalue weighted by Gasteiger charge is 2.13. The van der Waals surface area contributed by atoms with Crippen LogP contribution in [0.5, 0.6) is 0 Å². The lowest BCUT2D eigenvalue weighted by Gasteiger charge is -2.26. The molecule has 1 aromatic heterocycles. The fourth-order valence-electron chi connectivity index (χ4n) is 2.63. The first-order valence-corrected chi connectivity index (χ1v) is 8.09. The Morgan fingerprint density at radius 2 is 1.95 bits per heavy atom. The van der Waals surface area contributed by atoms with Gasteiger partial charge in [0, 0.05) is 0 Å². The van der Waals surface area contributed by atoms with Crippen molar-refractivity contribution in [3.8, 4) is 0 Å². The van der Waals surface area contributed by atoms with E-state index in [-0.39, 0.29) is 18.0 Å². The van der Waals surface area contributed by atoms with Crippen LogP contribution in [-0.4, -0.2) is 34.5 Å². The molecule has 0 unspecified atom stereocenters. The van der Waals surface area contributed by atoms with Crippen molar-refractivity contribution in [1.29, 1.82) is 0 Å². The highest BCUT2D eigenvalue weighted by molar-refractivity contribution is 7.13. The van der Waals surface area contributed by atoms with Crippen LogP contribution in [0.1, 0.15) is 19.3 Å². The third-order valence-electron chi connectivity index (χ3n) is 3.79. The second-order valence-electron chi connectivity index (χ2n) is 5.37. The highest BCUT2D eigenvalue weighted by Crippen LogP contribution is 2.15. The van der Waals surface area contributed by atoms with E-state index in [1.165, 1.54) is 34.8 Å². The van der Waals surface area contributed by atoms with Crippen molar-refractivity contribution in [3.05, 3.63) is 34.6 Å². The van der Waals surface area contributed by atoms with Gasteiger partial charge in [0.1, 0.15) is 6.54 Å². The van der Waals surface area contributed by atoms with Crippen molar-refractivity contribution < 1.29 is 4.79 Å². The maximum Gasteiger partial charge on any atom is 0.268 e. The van der Waals surface area contributed by atoms with Crippen LogP contribution in [0, 0.1) is 0 Å². The highest BCUT2D eigenvalue weighted by atomic mass is 32.1. The van der Waals surface area contributed by atoms with Crippen LogP contribution >= 0.6 is 11.5 Å². The smallest absolute Gasteiger partial charge is 0.268 e. The Balaban J connectivity index is 1.60. The lowest BCUT2D eigenvalue weighted by molar-refractivity contribution is -0.122. The van der Waals surface area contributed by atoms with Gasteiger partial charge in [-0.1, -0.05) is 30.1 Å². The molecule has 112 valence electrons. The zero-order valence-corrected chi connectivity index (χ0v) is 12.7. The van der Waals surface area contributed by atoms with E-state index < -0.39 is 0 Å². The first-order chi connectivity index (χ1) is 10.2. The van der Waals surface area contributed by atoms with E-state index in [4.69, 9.17) is 0 Å². The van der Waals surface area contributed by atoms with Gasteiger partial charge >= 0.3 is 0 Å². The Morgan fingerprint density at radius 3 is 2.71 bits per heavy atom. The quantitative estimate of drug-likeness (QED) is 0.934. The molecular weight excluding hydrogens is 286 g/mol. The lowest BCUT2D eigenvalue weighted by Crippen LogP contribution is -2.41. The molecule has 0 aliphatic carbocycles. The number of benzene rings is 1. The summed E-state index contributed by atoms with van der Waals surface area (Å²) in [4.78, 5) is 26.4. The topological polar surface area (TPSA) is 54.3 Å². The van der Waals surface area contributed by atoms with Crippen LogP contribution in [0.3, 0.4) is 0 Å². The number of likely N-dealkylation sites (tertiary alicyclic amines) is 1. The zero-order chi connectivity index (χ0) is 14.7. The van der Waals surface area contributed by atoms with Gasteiger partial charge in [0.2, 0.25) is 5.91 Å². The van der Waals surface area contributed by atoms with Crippen LogP contribution in [-0.2, 0) is 11.3 Å². The second kappa shape index (κ2) is 6.41. The monoisotopic (exact) mass is 305 g/mol. The molecule has 21 heavy (non-hydrogen) atoms. The fourth-order valence-corrected chi connectivity index (χ4v) is 3.62. The van der Waals surface area contributed by atoms with E-state index in [1.807, 2.05) is 18.2 Å². The molecule has 5 nitrogen and oxygen atoms in total. The third-order valence-corrected chi connectivity index (χ3v) is 4.86. The van der Waals surface area contributed by atoms with E-state index in [1.54, 1.807) is 6.07 Å². The van der Waals surface area contributed by atoms with Crippen molar-refractivity contribution in [3.63, 3.8) is 0 Å². The summed E-state index contributed by atoms with van der Waals surface area (Å²) < 4.78 is 2.45. The number of rotatable bonds is 4. The van der Waals surface area contributed by atoms with Gasteiger partial charge in [-0.15, -0.1) is 0 Å². The first kappa shape index (κ1) is 14.3. The van der Waals surface area contributed by atoms with E-state index in [0.717, 1.165) is 17.8 Å². The van der Waals surface area contributed by atoms with Crippen LogP contribution in [0.15, 0.2) is 29.1 Å². The van der Waals surface area contributed by atoms with Crippen LogP contribution in [0.25, 0.3) is 10.1 Å². The summed E-state index contributed by atoms with van der Waals surface area (Å²) in [6.45, 7) is 2.77. The van der Waals surface area contributed by atoms with Gasteiger partial charge in [-0.2, -0.15) is 0 Å². The van der Waals surface area contributed by atoms with Crippen LogP contribution in [0.4, 0.5) is 0 Å². The van der Waals surface area contributed by atoms with Gasteiger partial charge in [-0.3, -0.25) is 18.4 Å². The SMILES string of the molecule is O=C(Cn1sc2ccccc2c1=O)NCN1CCCCC1. The molecule has 1 N–H and O–H groups in total. The standard InChI is InChI=1S/C15H19N3O2S/c19-14(16-11-17-8-4-1-5-9-17)10-18-15(20)12-6-2-3-7-13(12)21-18/h2-3,6-7H,1,4-5,8-11H2,(H,16,19). The van der Waals surface area contributed by atoms with Crippen LogP contribution in [0.2, 0.25) is 0 Å². The number of carbonyl (C=O) groups is 1. The lowest BCUT2D eigenvalue weighted by atomic mass is 10.1. The summed E-state index contributed by atoms with van der Waals surface area (Å²) in [6, 6.07) is 7.45. The normalized spacial score (nSPS) is 16.2. The van der Waals surface area contributed by atoms with E-state index >= 15 is 0 Å². The molecule has 1 saturated heterocycles. The fraction of sp³-hybridized carbons (Fsp3) is 0.467. The minimum absolute atomic E-state index is 0.0799. The molecule has 3 rings (SSSR count). The Labute approximate surface area is 127 Å². The first-order valence-electron chi connectivity index (χ1n) is 7.32. The van der Waals surface area contributed by atoms with E-state index in [2.05, 4.69) is 10.2 Å². The van der Waals surface area contributed by atoms with Crippen molar-refractivity contribution in [2.24, 2.45) is 0 Å². The molecule has 1 fully saturated rings. The number of carbonyl (C=O) groups excluding carboxylic acids is 1. The molecule has 2 aromatic rings. The second-order valence-corrected chi connectivity index (χ2v) is 6.43. The number of hydrogen-bond donors (Lipinski definition) is 1. The van der Waals surface area contributed by atoms with Crippen molar-refractivity contribution in [1.82, 2.24) is 14.2 Å². The summed E-state index contributed by atoms with van der Waals surface area (Å²) in [5.41, 5.74) is -0.0799. The van der Waals surface area contributed by atoms with Crippen molar-refractivity contribution in [2.75, 3.05) is 19.8 Å². The number of hydrogen-bond acceptors (Lipinski definition) is 4. The summed E-state index contributed by atoms with van der Waals surface area (Å²) in [6.07, 6.45) is 3.68. The maximum atomic E-state index is 12.2. The van der Waals surface area contributed by atoms with Crippen molar-refractivity contribution >= 4 is 27.5 Å². The molecule has 1 aliphatic rings. The molecule has 0 saturated carbocycles. The van der Waals surface area contributed by atoms with Gasteiger partial charge in [-0.05, 0) is 38.1 Å². The molecular formula is C15H19N3O2S. The Hall–Kier alpha value is -1.66. The number of aromatic nitrogens is 1. The predicted molar refractivity (Wildman–Crippen MR) is 84.5 cm³/mol. The zero-order valence-electron chi connectivity index (χ0n) is 11.9. The third kappa shape index (κ3) is 3.33. The number of amides is 1. The van der Waals surface area contributed by atoms with E-state index in [9.17, 15) is 9.59 Å². The number of fused-ring (bicyclic) bond motifs is 1. The summed E-state index contributed by atoms with van der Waals surface area (Å²) in [7, 11) is 0. The minimum atomic E-state index is -0.103. The average molecular weight is 305 g/mol. The molecule has 0 atom stereocenters. The Bertz CT molecular complexity index is 686. The van der Waals surface area contributed by atoms with Gasteiger partial charge in [0.05, 0.1) is 16.8 Å². The molecule has 0 bridgehead atoms. The summed E-state index contributed by atoms with van der Waals surface area (Å²) in [5.74, 6) is -0.103. The minimum Gasteiger partial charge on any atom is -0.342 e. The van der Waals surface area contributed by atoms with Gasteiger partial charge in [0.15, 0.2) is 0 Å². The van der Waals surface area contributed by atoms with Crippen molar-refractivity contribution in [2.45, 2.75) is 25.8 Å². The Kier molecular flexibility index (Phi) is 4.36. The van der Waals surface area contributed by atoms with Gasteiger partial charge in [0.25, 0.3) is 5.56 Å². The average Bonchev–Trinajstić information content (AvgIpc) is 2.83. The molecule has 1 aromatic carbocycles. The summed E-state index contributed by atoms with van der Waals surface area (Å²) >= 11 is 1.34. The molecule has 1 aliphatic heterocycles. The summed E-state index contributed by atoms with van der Waals surface area (Å²) in [5, 5.41) is 3.59. The molecule has 6 heteroatoms. The molecule has 1 amide bonds. The van der Waals surface area contributed by atoms with Gasteiger partial charge in [-0.25, -0.2) is 0 Å². The van der Waals surface area contributed by atoms with Gasteiger partial charge < -0.3 is 5.32 Å².